The number of amides is 1. The fourth-order valence-electron chi connectivity index (χ4n) is 2.90. The minimum atomic E-state index is -4.24. The third-order valence-electron chi connectivity index (χ3n) is 3.93. The average molecular weight is 328 g/mol. The van der Waals surface area contributed by atoms with Crippen molar-refractivity contribution in [2.75, 3.05) is 32.7 Å². The van der Waals surface area contributed by atoms with Gasteiger partial charge in [-0.15, -0.1) is 0 Å². The van der Waals surface area contributed by atoms with Crippen molar-refractivity contribution in [3.05, 3.63) is 23.5 Å². The quantitative estimate of drug-likeness (QED) is 0.833. The summed E-state index contributed by atoms with van der Waals surface area (Å²) in [4.78, 5) is 15.5. The molecule has 1 atom stereocenters. The van der Waals surface area contributed by atoms with Crippen molar-refractivity contribution in [3.63, 3.8) is 0 Å². The Morgan fingerprint density at radius 2 is 2.04 bits per heavy atom. The average Bonchev–Trinajstić information content (AvgIpc) is 2.71. The third kappa shape index (κ3) is 4.26. The SMILES string of the molecule is CC1CN(CC(F)(F)F)CCN(C(=O)c2ccc(C#N)n2C)C1. The Labute approximate surface area is 132 Å². The fraction of sp³-hybridized carbons (Fsp3) is 0.600. The molecule has 2 heterocycles. The summed E-state index contributed by atoms with van der Waals surface area (Å²) in [7, 11) is 1.63. The van der Waals surface area contributed by atoms with Gasteiger partial charge in [-0.25, -0.2) is 0 Å². The summed E-state index contributed by atoms with van der Waals surface area (Å²) in [6.45, 7) is 2.01. The van der Waals surface area contributed by atoms with Crippen LogP contribution in [0.5, 0.6) is 0 Å². The number of aromatic nitrogens is 1. The first-order valence-electron chi connectivity index (χ1n) is 7.35. The molecule has 1 aromatic heterocycles. The maximum atomic E-state index is 12.6. The summed E-state index contributed by atoms with van der Waals surface area (Å²) in [6.07, 6.45) is -4.24. The molecule has 1 aliphatic rings. The predicted molar refractivity (Wildman–Crippen MR) is 77.7 cm³/mol. The van der Waals surface area contributed by atoms with Crippen molar-refractivity contribution < 1.29 is 18.0 Å². The molecule has 8 heteroatoms. The number of alkyl halides is 3. The van der Waals surface area contributed by atoms with Gasteiger partial charge in [0.25, 0.3) is 5.91 Å². The largest absolute Gasteiger partial charge is 0.401 e. The summed E-state index contributed by atoms with van der Waals surface area (Å²) in [5, 5.41) is 8.94. The summed E-state index contributed by atoms with van der Waals surface area (Å²) < 4.78 is 39.2. The number of hydrogen-bond donors (Lipinski definition) is 0. The molecule has 0 bridgehead atoms. The van der Waals surface area contributed by atoms with Gasteiger partial charge in [-0.2, -0.15) is 18.4 Å². The Morgan fingerprint density at radius 1 is 1.35 bits per heavy atom. The Bertz CT molecular complexity index is 617. The molecular weight excluding hydrogens is 309 g/mol. The molecule has 1 aromatic rings. The number of carbonyl (C=O) groups excluding carboxylic acids is 1. The first-order chi connectivity index (χ1) is 10.7. The molecule has 1 fully saturated rings. The zero-order chi connectivity index (χ0) is 17.2. The number of nitrogens with zero attached hydrogens (tertiary/aromatic N) is 4. The molecule has 1 amide bonds. The van der Waals surface area contributed by atoms with Gasteiger partial charge in [-0.05, 0) is 18.1 Å². The second-order valence-corrected chi connectivity index (χ2v) is 5.98. The Hall–Kier alpha value is -2.01. The van der Waals surface area contributed by atoms with E-state index in [9.17, 15) is 18.0 Å². The van der Waals surface area contributed by atoms with E-state index < -0.39 is 12.7 Å². The highest BCUT2D eigenvalue weighted by Gasteiger charge is 2.33. The lowest BCUT2D eigenvalue weighted by atomic mass is 10.1. The van der Waals surface area contributed by atoms with Crippen LogP contribution >= 0.6 is 0 Å². The van der Waals surface area contributed by atoms with E-state index in [-0.39, 0.29) is 24.9 Å². The highest BCUT2D eigenvalue weighted by Crippen LogP contribution is 2.20. The smallest absolute Gasteiger partial charge is 0.336 e. The molecule has 0 aliphatic carbocycles. The van der Waals surface area contributed by atoms with Gasteiger partial charge in [-0.1, -0.05) is 6.92 Å². The summed E-state index contributed by atoms with van der Waals surface area (Å²) >= 11 is 0. The molecule has 1 unspecified atom stereocenters. The van der Waals surface area contributed by atoms with Crippen LogP contribution in [0.1, 0.15) is 23.1 Å². The van der Waals surface area contributed by atoms with Gasteiger partial charge in [0.05, 0.1) is 6.54 Å². The monoisotopic (exact) mass is 328 g/mol. The molecule has 0 radical (unpaired) electrons. The van der Waals surface area contributed by atoms with E-state index >= 15 is 0 Å². The number of nitriles is 1. The van der Waals surface area contributed by atoms with Gasteiger partial charge < -0.3 is 9.47 Å². The van der Waals surface area contributed by atoms with Crippen LogP contribution in [0.15, 0.2) is 12.1 Å². The van der Waals surface area contributed by atoms with Crippen molar-refractivity contribution >= 4 is 5.91 Å². The van der Waals surface area contributed by atoms with Gasteiger partial charge in [0.2, 0.25) is 0 Å². The number of carbonyl (C=O) groups is 1. The zero-order valence-electron chi connectivity index (χ0n) is 13.1. The van der Waals surface area contributed by atoms with Crippen LogP contribution in [0.2, 0.25) is 0 Å². The lowest BCUT2D eigenvalue weighted by molar-refractivity contribution is -0.146. The minimum Gasteiger partial charge on any atom is -0.336 e. The van der Waals surface area contributed by atoms with Crippen LogP contribution in [0.25, 0.3) is 0 Å². The van der Waals surface area contributed by atoms with Crippen LogP contribution in [-0.2, 0) is 7.05 Å². The highest BCUT2D eigenvalue weighted by atomic mass is 19.4. The third-order valence-corrected chi connectivity index (χ3v) is 3.93. The van der Waals surface area contributed by atoms with Crippen LogP contribution in [0.3, 0.4) is 0 Å². The van der Waals surface area contributed by atoms with Gasteiger partial charge in [0, 0.05) is 33.2 Å². The van der Waals surface area contributed by atoms with E-state index in [4.69, 9.17) is 5.26 Å². The van der Waals surface area contributed by atoms with Crippen molar-refractivity contribution in [3.8, 4) is 6.07 Å². The van der Waals surface area contributed by atoms with Gasteiger partial charge >= 0.3 is 6.18 Å². The lowest BCUT2D eigenvalue weighted by Gasteiger charge is -2.23. The Morgan fingerprint density at radius 3 is 2.61 bits per heavy atom. The first kappa shape index (κ1) is 17.3. The Kier molecular flexibility index (Phi) is 5.00. The molecule has 2 rings (SSSR count). The summed E-state index contributed by atoms with van der Waals surface area (Å²) in [5.41, 5.74) is 0.743. The van der Waals surface area contributed by atoms with Gasteiger partial charge in [0.15, 0.2) is 0 Å². The lowest BCUT2D eigenvalue weighted by Crippen LogP contribution is -2.39. The first-order valence-corrected chi connectivity index (χ1v) is 7.35. The molecule has 0 aromatic carbocycles. The number of halogens is 3. The molecule has 23 heavy (non-hydrogen) atoms. The topological polar surface area (TPSA) is 52.3 Å². The van der Waals surface area contributed by atoms with Gasteiger partial charge in [-0.3, -0.25) is 9.69 Å². The van der Waals surface area contributed by atoms with Crippen molar-refractivity contribution in [1.29, 1.82) is 5.26 Å². The second kappa shape index (κ2) is 6.62. The van der Waals surface area contributed by atoms with Crippen molar-refractivity contribution in [2.45, 2.75) is 13.1 Å². The van der Waals surface area contributed by atoms with E-state index in [1.807, 2.05) is 13.0 Å². The standard InChI is InChI=1S/C15H19F3N4O/c1-11-8-21(10-15(16,17)18)5-6-22(9-11)14(23)13-4-3-12(7-19)20(13)2/h3-4,11H,5-6,8-10H2,1-2H3. The van der Waals surface area contributed by atoms with Crippen LogP contribution in [0.4, 0.5) is 13.2 Å². The zero-order valence-corrected chi connectivity index (χ0v) is 13.1. The minimum absolute atomic E-state index is 0.0560. The van der Waals surface area contributed by atoms with Crippen LogP contribution in [-0.4, -0.2) is 59.2 Å². The maximum absolute atomic E-state index is 12.6. The highest BCUT2D eigenvalue weighted by molar-refractivity contribution is 5.93. The maximum Gasteiger partial charge on any atom is 0.401 e. The molecule has 0 saturated carbocycles. The van der Waals surface area contributed by atoms with E-state index in [1.54, 1.807) is 24.1 Å². The molecule has 1 saturated heterocycles. The van der Waals surface area contributed by atoms with Crippen LogP contribution in [0, 0.1) is 17.2 Å². The van der Waals surface area contributed by atoms with Crippen molar-refractivity contribution in [2.24, 2.45) is 13.0 Å². The number of hydrogen-bond acceptors (Lipinski definition) is 3. The van der Waals surface area contributed by atoms with E-state index in [0.29, 0.717) is 24.5 Å². The summed E-state index contributed by atoms with van der Waals surface area (Å²) in [6, 6.07) is 5.12. The number of rotatable bonds is 2. The van der Waals surface area contributed by atoms with Crippen LogP contribution < -0.4 is 0 Å². The molecule has 1 aliphatic heterocycles. The van der Waals surface area contributed by atoms with Crippen molar-refractivity contribution in [1.82, 2.24) is 14.4 Å². The molecule has 0 N–H and O–H groups in total. The fourth-order valence-corrected chi connectivity index (χ4v) is 2.90. The molecule has 126 valence electrons. The van der Waals surface area contributed by atoms with E-state index in [2.05, 4.69) is 0 Å². The molecular formula is C15H19F3N4O. The van der Waals surface area contributed by atoms with Gasteiger partial charge in [0.1, 0.15) is 17.5 Å². The molecule has 0 spiro atoms. The second-order valence-electron chi connectivity index (χ2n) is 5.98. The Balaban J connectivity index is 2.10. The van der Waals surface area contributed by atoms with E-state index in [0.717, 1.165) is 0 Å². The normalized spacial score (nSPS) is 20.2. The summed E-state index contributed by atoms with van der Waals surface area (Å²) in [5.74, 6) is -0.311. The molecule has 5 nitrogen and oxygen atoms in total. The van der Waals surface area contributed by atoms with E-state index in [1.165, 1.54) is 9.47 Å². The predicted octanol–water partition coefficient (Wildman–Crippen LogP) is 1.85.